The number of benzene rings is 8. The second-order valence-electron chi connectivity index (χ2n) is 14.1. The first kappa shape index (κ1) is 29.9. The van der Waals surface area contributed by atoms with Crippen molar-refractivity contribution in [2.45, 2.75) is 19.3 Å². The van der Waals surface area contributed by atoms with E-state index in [1.54, 1.807) is 0 Å². The molecule has 1 aromatic heterocycles. The normalized spacial score (nSPS) is 13.1. The second kappa shape index (κ2) is 11.6. The number of hydrogen-bond donors (Lipinski definition) is 0. The van der Waals surface area contributed by atoms with Crippen LogP contribution in [0.5, 0.6) is 0 Å². The van der Waals surface area contributed by atoms with Crippen molar-refractivity contribution in [3.05, 3.63) is 187 Å². The molecule has 0 fully saturated rings. The minimum Gasteiger partial charge on any atom is -0.310 e. The van der Waals surface area contributed by atoms with E-state index in [2.05, 4.69) is 195 Å². The maximum Gasteiger partial charge on any atom is 0.0540 e. The average molecular weight is 670 g/mol. The Morgan fingerprint density at radius 1 is 0.431 bits per heavy atom. The van der Waals surface area contributed by atoms with E-state index in [4.69, 9.17) is 0 Å². The van der Waals surface area contributed by atoms with Crippen LogP contribution in [0.4, 0.5) is 17.1 Å². The quantitative estimate of drug-likeness (QED) is 0.176. The standard InChI is InChI=1S/C49H35NS/c1-49(2)43-17-9-6-15-40(43)41-28-26-37(31-44(41)49)50(45-18-10-7-14-38(45)33-12-4-3-5-13-33)36-24-20-32(21-25-36)34-22-27-39-35(30-34)23-29-47-48(39)42-16-8-11-19-46(42)51-47/h3-31H,1-2H3. The fourth-order valence-electron chi connectivity index (χ4n) is 8.32. The largest absolute Gasteiger partial charge is 0.310 e. The first-order valence-electron chi connectivity index (χ1n) is 17.7. The minimum absolute atomic E-state index is 0.0899. The monoisotopic (exact) mass is 669 g/mol. The molecule has 0 aliphatic heterocycles. The summed E-state index contributed by atoms with van der Waals surface area (Å²) in [6.45, 7) is 4.71. The third kappa shape index (κ3) is 4.75. The van der Waals surface area contributed by atoms with Crippen LogP contribution in [0.15, 0.2) is 176 Å². The molecule has 9 aromatic rings. The summed E-state index contributed by atoms with van der Waals surface area (Å²) >= 11 is 1.88. The summed E-state index contributed by atoms with van der Waals surface area (Å²) in [4.78, 5) is 2.43. The molecule has 0 amide bonds. The molecule has 242 valence electrons. The zero-order valence-corrected chi connectivity index (χ0v) is 29.4. The Labute approximate surface area is 302 Å². The molecule has 0 unspecified atom stereocenters. The van der Waals surface area contributed by atoms with E-state index in [0.717, 1.165) is 17.1 Å². The Kier molecular flexibility index (Phi) is 6.78. The van der Waals surface area contributed by atoms with Gasteiger partial charge >= 0.3 is 0 Å². The molecule has 0 radical (unpaired) electrons. The molecule has 0 saturated carbocycles. The lowest BCUT2D eigenvalue weighted by molar-refractivity contribution is 0.660. The molecule has 51 heavy (non-hydrogen) atoms. The van der Waals surface area contributed by atoms with Crippen molar-refractivity contribution in [2.75, 3.05) is 4.90 Å². The van der Waals surface area contributed by atoms with E-state index in [9.17, 15) is 0 Å². The van der Waals surface area contributed by atoms with Crippen LogP contribution in [-0.2, 0) is 5.41 Å². The van der Waals surface area contributed by atoms with Crippen molar-refractivity contribution in [2.24, 2.45) is 0 Å². The fourth-order valence-corrected chi connectivity index (χ4v) is 9.45. The second-order valence-corrected chi connectivity index (χ2v) is 15.2. The number of fused-ring (bicyclic) bond motifs is 8. The van der Waals surface area contributed by atoms with Gasteiger partial charge in [-0.25, -0.2) is 0 Å². The SMILES string of the molecule is CC1(C)c2ccccc2-c2ccc(N(c3ccc(-c4ccc5c(ccc6sc7ccccc7c65)c4)cc3)c3ccccc3-c3ccccc3)cc21. The van der Waals surface area contributed by atoms with Crippen molar-refractivity contribution in [1.82, 2.24) is 0 Å². The van der Waals surface area contributed by atoms with Gasteiger partial charge in [-0.05, 0) is 98.2 Å². The molecule has 0 saturated heterocycles. The first-order valence-corrected chi connectivity index (χ1v) is 18.5. The summed E-state index contributed by atoms with van der Waals surface area (Å²) in [5, 5.41) is 5.29. The molecule has 8 aromatic carbocycles. The number of hydrogen-bond acceptors (Lipinski definition) is 2. The minimum atomic E-state index is -0.0899. The molecule has 0 N–H and O–H groups in total. The van der Waals surface area contributed by atoms with Gasteiger partial charge in [-0.1, -0.05) is 141 Å². The summed E-state index contributed by atoms with van der Waals surface area (Å²) in [6.07, 6.45) is 0. The van der Waals surface area contributed by atoms with Gasteiger partial charge < -0.3 is 4.90 Å². The van der Waals surface area contributed by atoms with Crippen LogP contribution in [0.1, 0.15) is 25.0 Å². The van der Waals surface area contributed by atoms with Gasteiger partial charge in [0.15, 0.2) is 0 Å². The van der Waals surface area contributed by atoms with Crippen LogP contribution >= 0.6 is 11.3 Å². The van der Waals surface area contributed by atoms with Crippen molar-refractivity contribution in [1.29, 1.82) is 0 Å². The van der Waals surface area contributed by atoms with Crippen molar-refractivity contribution in [3.8, 4) is 33.4 Å². The zero-order chi connectivity index (χ0) is 34.1. The maximum atomic E-state index is 2.43. The first-order chi connectivity index (χ1) is 25.0. The zero-order valence-electron chi connectivity index (χ0n) is 28.6. The lowest BCUT2D eigenvalue weighted by Gasteiger charge is -2.30. The lowest BCUT2D eigenvalue weighted by Crippen LogP contribution is -2.16. The highest BCUT2D eigenvalue weighted by molar-refractivity contribution is 7.26. The highest BCUT2D eigenvalue weighted by Gasteiger charge is 2.35. The number of rotatable bonds is 5. The summed E-state index contributed by atoms with van der Waals surface area (Å²) in [6, 6.07) is 64.8. The Hall–Kier alpha value is -5.96. The summed E-state index contributed by atoms with van der Waals surface area (Å²) in [5.41, 5.74) is 13.6. The highest BCUT2D eigenvalue weighted by atomic mass is 32.1. The Morgan fingerprint density at radius 2 is 1.12 bits per heavy atom. The van der Waals surface area contributed by atoms with Gasteiger partial charge in [-0.2, -0.15) is 0 Å². The van der Waals surface area contributed by atoms with Gasteiger partial charge in [-0.15, -0.1) is 11.3 Å². The van der Waals surface area contributed by atoms with Gasteiger partial charge in [0.2, 0.25) is 0 Å². The van der Waals surface area contributed by atoms with Gasteiger partial charge in [-0.3, -0.25) is 0 Å². The van der Waals surface area contributed by atoms with Gasteiger partial charge in [0, 0.05) is 42.5 Å². The molecule has 1 nitrogen and oxygen atoms in total. The predicted molar refractivity (Wildman–Crippen MR) is 220 cm³/mol. The third-order valence-corrected chi connectivity index (χ3v) is 12.0. The van der Waals surface area contributed by atoms with E-state index in [-0.39, 0.29) is 5.41 Å². The third-order valence-electron chi connectivity index (χ3n) is 10.9. The topological polar surface area (TPSA) is 3.24 Å². The maximum absolute atomic E-state index is 2.43. The van der Waals surface area contributed by atoms with Crippen LogP contribution in [0.3, 0.4) is 0 Å². The van der Waals surface area contributed by atoms with Crippen molar-refractivity contribution >= 4 is 59.3 Å². The molecule has 0 bridgehead atoms. The number of thiophene rings is 1. The van der Waals surface area contributed by atoms with Crippen LogP contribution in [0.25, 0.3) is 64.3 Å². The molecule has 2 heteroatoms. The van der Waals surface area contributed by atoms with Crippen LogP contribution in [-0.4, -0.2) is 0 Å². The van der Waals surface area contributed by atoms with Crippen LogP contribution in [0.2, 0.25) is 0 Å². The average Bonchev–Trinajstić information content (AvgIpc) is 3.68. The van der Waals surface area contributed by atoms with Crippen LogP contribution in [0, 0.1) is 0 Å². The van der Waals surface area contributed by atoms with Gasteiger partial charge in [0.1, 0.15) is 0 Å². The van der Waals surface area contributed by atoms with Crippen LogP contribution < -0.4 is 4.90 Å². The van der Waals surface area contributed by atoms with Crippen molar-refractivity contribution in [3.63, 3.8) is 0 Å². The fraction of sp³-hybridized carbons (Fsp3) is 0.0612. The highest BCUT2D eigenvalue weighted by Crippen LogP contribution is 2.51. The van der Waals surface area contributed by atoms with E-state index < -0.39 is 0 Å². The lowest BCUT2D eigenvalue weighted by atomic mass is 9.82. The Balaban J connectivity index is 1.10. The number of para-hydroxylation sites is 1. The van der Waals surface area contributed by atoms with Gasteiger partial charge in [0.25, 0.3) is 0 Å². The van der Waals surface area contributed by atoms with E-state index in [1.165, 1.54) is 75.5 Å². The predicted octanol–water partition coefficient (Wildman–Crippen LogP) is 14.3. The summed E-state index contributed by atoms with van der Waals surface area (Å²) in [5.74, 6) is 0. The molecular formula is C49H35NS. The van der Waals surface area contributed by atoms with E-state index in [1.807, 2.05) is 11.3 Å². The van der Waals surface area contributed by atoms with Crippen molar-refractivity contribution < 1.29 is 0 Å². The molecule has 0 spiro atoms. The van der Waals surface area contributed by atoms with E-state index in [0.29, 0.717) is 0 Å². The van der Waals surface area contributed by atoms with E-state index >= 15 is 0 Å². The molecular weight excluding hydrogens is 635 g/mol. The molecule has 1 aliphatic carbocycles. The molecule has 10 rings (SSSR count). The molecule has 1 heterocycles. The Bertz CT molecular complexity index is 2770. The summed E-state index contributed by atoms with van der Waals surface area (Å²) < 4.78 is 2.69. The summed E-state index contributed by atoms with van der Waals surface area (Å²) in [7, 11) is 0. The smallest absolute Gasteiger partial charge is 0.0540 e. The molecule has 0 atom stereocenters. The Morgan fingerprint density at radius 3 is 1.98 bits per heavy atom. The number of anilines is 3. The number of nitrogens with zero attached hydrogens (tertiary/aromatic N) is 1. The molecule has 1 aliphatic rings. The van der Waals surface area contributed by atoms with Gasteiger partial charge in [0.05, 0.1) is 5.69 Å².